The Morgan fingerprint density at radius 1 is 1.44 bits per heavy atom. The lowest BCUT2D eigenvalue weighted by atomic mass is 10.3. The number of carbonyl (C=O) groups is 1. The van der Waals surface area contributed by atoms with Crippen molar-refractivity contribution in [3.8, 4) is 5.88 Å². The van der Waals surface area contributed by atoms with Gasteiger partial charge in [0.05, 0.1) is 19.9 Å². The van der Waals surface area contributed by atoms with Crippen molar-refractivity contribution in [3.63, 3.8) is 0 Å². The summed E-state index contributed by atoms with van der Waals surface area (Å²) < 4.78 is 10.1. The molecular weight excluding hydrogens is 234 g/mol. The van der Waals surface area contributed by atoms with E-state index in [4.69, 9.17) is 9.47 Å². The molecule has 1 aliphatic heterocycles. The number of hydrogen-bond acceptors (Lipinski definition) is 6. The highest BCUT2D eigenvalue weighted by Crippen LogP contribution is 2.21. The van der Waals surface area contributed by atoms with Crippen molar-refractivity contribution in [1.29, 1.82) is 0 Å². The predicted octanol–water partition coefficient (Wildman–Crippen LogP) is 1.26. The van der Waals surface area contributed by atoms with Gasteiger partial charge in [0.25, 0.3) is 0 Å². The topological polar surface area (TPSA) is 64.5 Å². The van der Waals surface area contributed by atoms with Crippen LogP contribution in [-0.2, 0) is 4.74 Å². The zero-order valence-electron chi connectivity index (χ0n) is 10.7. The summed E-state index contributed by atoms with van der Waals surface area (Å²) in [6, 6.07) is 0. The van der Waals surface area contributed by atoms with Gasteiger partial charge in [-0.15, -0.1) is 0 Å². The molecule has 6 nitrogen and oxygen atoms in total. The molecule has 0 saturated carbocycles. The van der Waals surface area contributed by atoms with E-state index < -0.39 is 5.97 Å². The SMILES string of the molecule is CCOC(=O)c1cnc(N2CCCC2)nc1OC. The fourth-order valence-corrected chi connectivity index (χ4v) is 1.93. The zero-order chi connectivity index (χ0) is 13.0. The van der Waals surface area contributed by atoms with Crippen molar-refractivity contribution in [3.05, 3.63) is 11.8 Å². The van der Waals surface area contributed by atoms with Crippen LogP contribution in [0, 0.1) is 0 Å². The Balaban J connectivity index is 2.24. The molecule has 1 aliphatic rings. The molecule has 2 heterocycles. The number of ether oxygens (including phenoxy) is 2. The van der Waals surface area contributed by atoms with Crippen molar-refractivity contribution in [1.82, 2.24) is 9.97 Å². The first-order chi connectivity index (χ1) is 8.76. The van der Waals surface area contributed by atoms with Crippen molar-refractivity contribution < 1.29 is 14.3 Å². The van der Waals surface area contributed by atoms with Crippen molar-refractivity contribution in [2.24, 2.45) is 0 Å². The molecule has 0 aromatic carbocycles. The van der Waals surface area contributed by atoms with Crippen LogP contribution in [-0.4, -0.2) is 42.7 Å². The molecule has 0 bridgehead atoms. The Kier molecular flexibility index (Phi) is 3.96. The highest BCUT2D eigenvalue weighted by molar-refractivity contribution is 5.91. The van der Waals surface area contributed by atoms with Gasteiger partial charge in [0.2, 0.25) is 11.8 Å². The molecule has 1 aromatic heterocycles. The maximum Gasteiger partial charge on any atom is 0.345 e. The van der Waals surface area contributed by atoms with E-state index in [0.717, 1.165) is 25.9 Å². The van der Waals surface area contributed by atoms with Crippen LogP contribution in [0.25, 0.3) is 0 Å². The summed E-state index contributed by atoms with van der Waals surface area (Å²) >= 11 is 0. The monoisotopic (exact) mass is 251 g/mol. The molecule has 98 valence electrons. The Morgan fingerprint density at radius 2 is 2.17 bits per heavy atom. The first-order valence-corrected chi connectivity index (χ1v) is 6.09. The van der Waals surface area contributed by atoms with Crippen molar-refractivity contribution >= 4 is 11.9 Å². The standard InChI is InChI=1S/C12H17N3O3/c1-3-18-11(16)9-8-13-12(14-10(9)17-2)15-6-4-5-7-15/h8H,3-7H2,1-2H3. The second-order valence-electron chi connectivity index (χ2n) is 4.01. The van der Waals surface area contributed by atoms with Gasteiger partial charge >= 0.3 is 5.97 Å². The summed E-state index contributed by atoms with van der Waals surface area (Å²) in [5.41, 5.74) is 0.266. The molecule has 2 rings (SSSR count). The molecule has 0 unspecified atom stereocenters. The molecule has 0 amide bonds. The van der Waals surface area contributed by atoms with Crippen LogP contribution >= 0.6 is 0 Å². The Morgan fingerprint density at radius 3 is 2.78 bits per heavy atom. The van der Waals surface area contributed by atoms with E-state index in [2.05, 4.69) is 14.9 Å². The zero-order valence-corrected chi connectivity index (χ0v) is 10.7. The van der Waals surface area contributed by atoms with Crippen molar-refractivity contribution in [2.75, 3.05) is 31.7 Å². The molecule has 18 heavy (non-hydrogen) atoms. The number of anilines is 1. The van der Waals surface area contributed by atoms with Crippen molar-refractivity contribution in [2.45, 2.75) is 19.8 Å². The molecule has 1 aromatic rings. The van der Waals surface area contributed by atoms with Gasteiger partial charge in [-0.1, -0.05) is 0 Å². The lowest BCUT2D eigenvalue weighted by Gasteiger charge is -2.16. The smallest absolute Gasteiger partial charge is 0.345 e. The van der Waals surface area contributed by atoms with Crippen LogP contribution in [0.4, 0.5) is 5.95 Å². The molecule has 0 radical (unpaired) electrons. The predicted molar refractivity (Wildman–Crippen MR) is 66.0 cm³/mol. The minimum atomic E-state index is -0.456. The number of nitrogens with zero attached hydrogens (tertiary/aromatic N) is 3. The third kappa shape index (κ3) is 2.52. The number of carbonyl (C=O) groups excluding carboxylic acids is 1. The maximum absolute atomic E-state index is 11.7. The van der Waals surface area contributed by atoms with Gasteiger partial charge in [0, 0.05) is 13.1 Å². The third-order valence-electron chi connectivity index (χ3n) is 2.82. The third-order valence-corrected chi connectivity index (χ3v) is 2.82. The highest BCUT2D eigenvalue weighted by Gasteiger charge is 2.20. The van der Waals surface area contributed by atoms with E-state index in [-0.39, 0.29) is 11.4 Å². The van der Waals surface area contributed by atoms with Crippen LogP contribution in [0.3, 0.4) is 0 Å². The van der Waals surface area contributed by atoms with Gasteiger partial charge in [0.1, 0.15) is 5.56 Å². The quantitative estimate of drug-likeness (QED) is 0.751. The number of aromatic nitrogens is 2. The highest BCUT2D eigenvalue weighted by atomic mass is 16.5. The summed E-state index contributed by atoms with van der Waals surface area (Å²) in [5.74, 6) is 0.421. The summed E-state index contributed by atoms with van der Waals surface area (Å²) in [4.78, 5) is 22.2. The second kappa shape index (κ2) is 5.66. The minimum Gasteiger partial charge on any atom is -0.480 e. The van der Waals surface area contributed by atoms with E-state index in [1.165, 1.54) is 13.3 Å². The summed E-state index contributed by atoms with van der Waals surface area (Å²) in [6.07, 6.45) is 3.76. The normalized spacial score (nSPS) is 14.7. The summed E-state index contributed by atoms with van der Waals surface area (Å²) in [5, 5.41) is 0. The first kappa shape index (κ1) is 12.6. The minimum absolute atomic E-state index is 0.266. The van der Waals surface area contributed by atoms with E-state index in [1.54, 1.807) is 6.92 Å². The fraction of sp³-hybridized carbons (Fsp3) is 0.583. The molecule has 6 heteroatoms. The number of methoxy groups -OCH3 is 1. The molecule has 1 saturated heterocycles. The Bertz CT molecular complexity index is 431. The van der Waals surface area contributed by atoms with E-state index in [1.807, 2.05) is 0 Å². The van der Waals surface area contributed by atoms with Gasteiger partial charge < -0.3 is 14.4 Å². The van der Waals surface area contributed by atoms with Crippen LogP contribution in [0.1, 0.15) is 30.1 Å². The lowest BCUT2D eigenvalue weighted by Crippen LogP contribution is -2.21. The first-order valence-electron chi connectivity index (χ1n) is 6.09. The van der Waals surface area contributed by atoms with Gasteiger partial charge in [0.15, 0.2) is 0 Å². The molecule has 0 spiro atoms. The molecule has 0 aliphatic carbocycles. The van der Waals surface area contributed by atoms with Crippen LogP contribution < -0.4 is 9.64 Å². The van der Waals surface area contributed by atoms with E-state index >= 15 is 0 Å². The largest absolute Gasteiger partial charge is 0.480 e. The summed E-state index contributed by atoms with van der Waals surface area (Å²) in [6.45, 7) is 3.96. The average molecular weight is 251 g/mol. The number of esters is 1. The lowest BCUT2D eigenvalue weighted by molar-refractivity contribution is 0.0521. The van der Waals surface area contributed by atoms with E-state index in [9.17, 15) is 4.79 Å². The molecule has 0 atom stereocenters. The average Bonchev–Trinajstić information content (AvgIpc) is 2.92. The Labute approximate surface area is 106 Å². The van der Waals surface area contributed by atoms with Gasteiger partial charge in [-0.2, -0.15) is 4.98 Å². The number of hydrogen-bond donors (Lipinski definition) is 0. The van der Waals surface area contributed by atoms with Crippen LogP contribution in [0.5, 0.6) is 5.88 Å². The van der Waals surface area contributed by atoms with Gasteiger partial charge in [-0.05, 0) is 19.8 Å². The maximum atomic E-state index is 11.7. The molecule has 0 N–H and O–H groups in total. The van der Waals surface area contributed by atoms with Crippen LogP contribution in [0.2, 0.25) is 0 Å². The number of rotatable bonds is 4. The fourth-order valence-electron chi connectivity index (χ4n) is 1.93. The second-order valence-corrected chi connectivity index (χ2v) is 4.01. The van der Waals surface area contributed by atoms with Gasteiger partial charge in [-0.25, -0.2) is 9.78 Å². The van der Waals surface area contributed by atoms with Crippen LogP contribution in [0.15, 0.2) is 6.20 Å². The molecular formula is C12H17N3O3. The van der Waals surface area contributed by atoms with E-state index in [0.29, 0.717) is 12.6 Å². The Hall–Kier alpha value is -1.85. The summed E-state index contributed by atoms with van der Waals surface area (Å²) in [7, 11) is 1.48. The van der Waals surface area contributed by atoms with Gasteiger partial charge in [-0.3, -0.25) is 0 Å². The molecule has 1 fully saturated rings.